The average molecular weight is 538 g/mol. The third-order valence-corrected chi connectivity index (χ3v) is 4.75. The number of urea groups is 1. The van der Waals surface area contributed by atoms with Crippen LogP contribution in [0, 0.1) is 0 Å². The molecular weight excluding hydrogens is 519 g/mol. The lowest BCUT2D eigenvalue weighted by atomic mass is 9.90. The van der Waals surface area contributed by atoms with Crippen LogP contribution in [0.1, 0.15) is 38.2 Å². The van der Waals surface area contributed by atoms with Gasteiger partial charge in [0.05, 0.1) is 0 Å². The van der Waals surface area contributed by atoms with Crippen LogP contribution in [0.5, 0.6) is 0 Å². The zero-order valence-electron chi connectivity index (χ0n) is 17.7. The van der Waals surface area contributed by atoms with Gasteiger partial charge < -0.3 is 10.6 Å². The fourth-order valence-electron chi connectivity index (χ4n) is 2.64. The molecule has 0 saturated heterocycles. The second kappa shape index (κ2) is 10.3. The van der Waals surface area contributed by atoms with Crippen molar-refractivity contribution in [2.24, 2.45) is 0 Å². The van der Waals surface area contributed by atoms with Gasteiger partial charge in [0.1, 0.15) is 0 Å². The highest BCUT2D eigenvalue weighted by atomic mass is 19.4. The van der Waals surface area contributed by atoms with Crippen molar-refractivity contribution in [1.29, 1.82) is 0 Å². The molecule has 1 rings (SSSR count). The van der Waals surface area contributed by atoms with Crippen LogP contribution in [0.15, 0.2) is 24.3 Å². The predicted octanol–water partition coefficient (Wildman–Crippen LogP) is 7.58. The molecule has 0 aliphatic heterocycles. The lowest BCUT2D eigenvalue weighted by molar-refractivity contribution is -0.441. The van der Waals surface area contributed by atoms with Gasteiger partial charge in [-0.2, -0.15) is 57.1 Å². The predicted molar refractivity (Wildman–Crippen MR) is 97.3 cm³/mol. The lowest BCUT2D eigenvalue weighted by Crippen LogP contribution is -2.69. The highest BCUT2D eigenvalue weighted by Gasteiger charge is 2.90. The first-order valence-electron chi connectivity index (χ1n) is 9.79. The van der Waals surface area contributed by atoms with E-state index in [0.29, 0.717) is 18.6 Å². The first-order chi connectivity index (χ1) is 15.7. The van der Waals surface area contributed by atoms with E-state index in [1.54, 1.807) is 0 Å². The minimum atomic E-state index is -7.96. The highest BCUT2D eigenvalue weighted by Crippen LogP contribution is 2.62. The van der Waals surface area contributed by atoms with Crippen molar-refractivity contribution in [2.45, 2.75) is 68.4 Å². The van der Waals surface area contributed by atoms with E-state index >= 15 is 0 Å². The SMILES string of the molecule is CCCCCCNC(=O)Nc1ccc(C(F)(F)C(F)(F)C(F)(F)C(F)(F)C(F)(F)C(F)(F)F)cc1. The molecule has 3 nitrogen and oxygen atoms in total. The standard InChI is InChI=1S/C19H19F13N2O/c1-2-3-4-5-10-33-13(35)34-12-8-6-11(7-9-12)14(20,21)15(22,23)16(24,25)17(26,27)18(28,29)19(30,31)32/h6-9H,2-5,10H2,1H3,(H2,33,34,35). The smallest absolute Gasteiger partial charge is 0.338 e. The Morgan fingerprint density at radius 3 is 1.63 bits per heavy atom. The first kappa shape index (κ1) is 30.6. The van der Waals surface area contributed by atoms with Crippen LogP contribution < -0.4 is 10.6 Å². The zero-order chi connectivity index (χ0) is 27.5. The summed E-state index contributed by atoms with van der Waals surface area (Å²) in [5, 5.41) is 4.42. The molecule has 2 N–H and O–H groups in total. The van der Waals surface area contributed by atoms with Gasteiger partial charge in [0.2, 0.25) is 0 Å². The summed E-state index contributed by atoms with van der Waals surface area (Å²) >= 11 is 0. The normalized spacial score (nSPS) is 14.1. The Balaban J connectivity index is 3.12. The van der Waals surface area contributed by atoms with E-state index in [4.69, 9.17) is 0 Å². The van der Waals surface area contributed by atoms with E-state index in [2.05, 4.69) is 10.6 Å². The Bertz CT molecular complexity index is 851. The molecule has 0 heterocycles. The Labute approximate surface area is 190 Å². The van der Waals surface area contributed by atoms with Crippen LogP contribution in [0.25, 0.3) is 0 Å². The number of anilines is 1. The summed E-state index contributed by atoms with van der Waals surface area (Å²) in [4.78, 5) is 11.7. The van der Waals surface area contributed by atoms with Gasteiger partial charge in [0.15, 0.2) is 0 Å². The number of hydrogen-bond donors (Lipinski definition) is 2. The van der Waals surface area contributed by atoms with Crippen LogP contribution in [0.3, 0.4) is 0 Å². The molecule has 0 atom stereocenters. The van der Waals surface area contributed by atoms with Gasteiger partial charge in [-0.15, -0.1) is 0 Å². The van der Waals surface area contributed by atoms with Crippen LogP contribution in [-0.4, -0.2) is 42.4 Å². The molecule has 0 saturated carbocycles. The second-order valence-corrected chi connectivity index (χ2v) is 7.39. The molecule has 0 aliphatic rings. The van der Waals surface area contributed by atoms with Crippen LogP contribution in [0.4, 0.5) is 67.6 Å². The van der Waals surface area contributed by atoms with E-state index in [-0.39, 0.29) is 24.4 Å². The quantitative estimate of drug-likeness (QED) is 0.221. The van der Waals surface area contributed by atoms with Gasteiger partial charge in [-0.25, -0.2) is 4.79 Å². The summed E-state index contributed by atoms with van der Waals surface area (Å²) in [6.45, 7) is 2.15. The first-order valence-corrected chi connectivity index (χ1v) is 9.79. The van der Waals surface area contributed by atoms with E-state index in [1.807, 2.05) is 6.92 Å². The molecule has 0 aromatic heterocycles. The zero-order valence-corrected chi connectivity index (χ0v) is 17.7. The third kappa shape index (κ3) is 5.71. The van der Waals surface area contributed by atoms with E-state index < -0.39 is 47.4 Å². The Morgan fingerprint density at radius 1 is 0.686 bits per heavy atom. The second-order valence-electron chi connectivity index (χ2n) is 7.39. The van der Waals surface area contributed by atoms with Crippen molar-refractivity contribution in [3.05, 3.63) is 29.8 Å². The van der Waals surface area contributed by atoms with Crippen molar-refractivity contribution in [3.63, 3.8) is 0 Å². The number of benzene rings is 1. The molecule has 0 unspecified atom stereocenters. The minimum absolute atomic E-state index is 0.0269. The fraction of sp³-hybridized carbons (Fsp3) is 0.632. The number of halogens is 13. The molecule has 16 heteroatoms. The number of unbranched alkanes of at least 4 members (excludes halogenated alkanes) is 3. The molecule has 0 radical (unpaired) electrons. The Hall–Kier alpha value is -2.42. The molecule has 0 aliphatic carbocycles. The minimum Gasteiger partial charge on any atom is -0.338 e. The van der Waals surface area contributed by atoms with Gasteiger partial charge in [-0.3, -0.25) is 0 Å². The van der Waals surface area contributed by atoms with Crippen LogP contribution >= 0.6 is 0 Å². The van der Waals surface area contributed by atoms with Gasteiger partial charge in [-0.05, 0) is 18.6 Å². The average Bonchev–Trinajstić information content (AvgIpc) is 2.72. The van der Waals surface area contributed by atoms with Crippen LogP contribution in [-0.2, 0) is 5.92 Å². The van der Waals surface area contributed by atoms with Gasteiger partial charge >= 0.3 is 41.8 Å². The number of hydrogen-bond acceptors (Lipinski definition) is 1. The number of amides is 2. The number of rotatable bonds is 11. The van der Waals surface area contributed by atoms with Crippen molar-refractivity contribution in [1.82, 2.24) is 5.32 Å². The van der Waals surface area contributed by atoms with E-state index in [1.165, 1.54) is 0 Å². The maximum Gasteiger partial charge on any atom is 0.460 e. The Kier molecular flexibility index (Phi) is 9.00. The molecule has 35 heavy (non-hydrogen) atoms. The fourth-order valence-corrected chi connectivity index (χ4v) is 2.64. The van der Waals surface area contributed by atoms with Gasteiger partial charge in [0, 0.05) is 17.8 Å². The molecule has 202 valence electrons. The maximum atomic E-state index is 14.1. The summed E-state index contributed by atoms with van der Waals surface area (Å²) in [6.07, 6.45) is -4.28. The summed E-state index contributed by atoms with van der Waals surface area (Å²) in [5.74, 6) is -37.4. The molecule has 0 spiro atoms. The summed E-state index contributed by atoms with van der Waals surface area (Å²) in [5.41, 5.74) is -2.47. The largest absolute Gasteiger partial charge is 0.460 e. The monoisotopic (exact) mass is 538 g/mol. The molecular formula is C19H19F13N2O. The van der Waals surface area contributed by atoms with Crippen molar-refractivity contribution in [3.8, 4) is 0 Å². The maximum absolute atomic E-state index is 14.1. The molecule has 0 bridgehead atoms. The summed E-state index contributed by atoms with van der Waals surface area (Å²) in [6, 6.07) is 0.0153. The Morgan fingerprint density at radius 2 is 1.17 bits per heavy atom. The van der Waals surface area contributed by atoms with E-state index in [9.17, 15) is 61.9 Å². The third-order valence-electron chi connectivity index (χ3n) is 4.75. The topological polar surface area (TPSA) is 41.1 Å². The summed E-state index contributed by atoms with van der Waals surface area (Å²) in [7, 11) is 0. The number of carbonyl (C=O) groups excluding carboxylic acids is 1. The highest BCUT2D eigenvalue weighted by molar-refractivity contribution is 5.89. The van der Waals surface area contributed by atoms with Crippen LogP contribution in [0.2, 0.25) is 0 Å². The van der Waals surface area contributed by atoms with Crippen molar-refractivity contribution >= 4 is 11.7 Å². The van der Waals surface area contributed by atoms with E-state index in [0.717, 1.165) is 19.3 Å². The van der Waals surface area contributed by atoms with Crippen molar-refractivity contribution in [2.75, 3.05) is 11.9 Å². The molecule has 1 aromatic rings. The van der Waals surface area contributed by atoms with Gasteiger partial charge in [-0.1, -0.05) is 38.3 Å². The van der Waals surface area contributed by atoms with Gasteiger partial charge in [0.25, 0.3) is 0 Å². The number of alkyl halides is 13. The molecule has 0 fully saturated rings. The summed E-state index contributed by atoms with van der Waals surface area (Å²) < 4.78 is 172. The molecule has 2 amide bonds. The lowest BCUT2D eigenvalue weighted by Gasteiger charge is -2.39. The van der Waals surface area contributed by atoms with Crippen molar-refractivity contribution < 1.29 is 61.9 Å². The molecule has 1 aromatic carbocycles. The number of carbonyl (C=O) groups is 1. The number of nitrogens with one attached hydrogen (secondary N) is 2.